The molecule has 0 spiro atoms. The molecule has 1 heterocycles. The van der Waals surface area contributed by atoms with E-state index in [0.29, 0.717) is 55.4 Å². The van der Waals surface area contributed by atoms with Gasteiger partial charge in [0.1, 0.15) is 31.1 Å². The Morgan fingerprint density at radius 2 is 0.872 bits per heavy atom. The van der Waals surface area contributed by atoms with Crippen LogP contribution in [0.2, 0.25) is 0 Å². The van der Waals surface area contributed by atoms with Crippen molar-refractivity contribution in [2.75, 3.05) is 27.4 Å². The quantitative estimate of drug-likeness (QED) is 0.0199. The highest BCUT2D eigenvalue weighted by Crippen LogP contribution is 2.43. The second-order valence-corrected chi connectivity index (χ2v) is 22.0. The second kappa shape index (κ2) is 46.3. The average molecular weight is 1100 g/mol. The molecule has 0 radical (unpaired) electrons. The van der Waals surface area contributed by atoms with Crippen molar-refractivity contribution >= 4 is 35.8 Å². The number of unbranched alkanes of at least 4 members (excludes halogenated alkanes) is 31. The molecule has 0 unspecified atom stereocenters. The lowest BCUT2D eigenvalue weighted by Gasteiger charge is -2.19. The van der Waals surface area contributed by atoms with Crippen LogP contribution in [0, 0.1) is 6.92 Å². The van der Waals surface area contributed by atoms with Crippen molar-refractivity contribution in [3.8, 4) is 11.5 Å². The summed E-state index contributed by atoms with van der Waals surface area (Å²) in [5.41, 5.74) is 3.20. The largest absolute Gasteiger partial charge is 0.496 e. The zero-order valence-electron chi connectivity index (χ0n) is 50.1. The van der Waals surface area contributed by atoms with Gasteiger partial charge in [0.2, 0.25) is 0 Å². The number of ether oxygens (including phenoxy) is 7. The van der Waals surface area contributed by atoms with Crippen LogP contribution in [0.5, 0.6) is 11.5 Å². The number of allylic oxidation sites excluding steroid dienone is 2. The first-order chi connectivity index (χ1) is 37.9. The number of hydrogen-bond donors (Lipinski definition) is 0. The lowest BCUT2D eigenvalue weighted by molar-refractivity contribution is -0.167. The molecular weight excluding hydrogens is 989 g/mol. The summed E-state index contributed by atoms with van der Waals surface area (Å²) in [5.74, 6) is -1.60. The minimum Gasteiger partial charge on any atom is -0.496 e. The molecule has 0 aromatic heterocycles. The van der Waals surface area contributed by atoms with Crippen LogP contribution < -0.4 is 9.47 Å². The number of carbonyl (C=O) groups is 6. The van der Waals surface area contributed by atoms with Crippen LogP contribution >= 0.6 is 0 Å². The van der Waals surface area contributed by atoms with Crippen LogP contribution in [0.4, 0.5) is 0 Å². The first kappa shape index (κ1) is 69.7. The minimum atomic E-state index is -0.850. The highest BCUT2D eigenvalue weighted by Gasteiger charge is 2.34. The Morgan fingerprint density at radius 3 is 1.27 bits per heavy atom. The molecular formula is C65H108O13. The molecule has 0 N–H and O–H groups in total. The van der Waals surface area contributed by atoms with Gasteiger partial charge in [-0.05, 0) is 57.9 Å². The summed E-state index contributed by atoms with van der Waals surface area (Å²) in [6.45, 7) is 8.09. The molecule has 1 aliphatic rings. The average Bonchev–Trinajstić information content (AvgIpc) is 3.93. The Labute approximate surface area is 472 Å². The maximum Gasteiger partial charge on any atom is 0.342 e. The highest BCUT2D eigenvalue weighted by molar-refractivity contribution is 5.99. The Bertz CT molecular complexity index is 1810. The molecule has 446 valence electrons. The number of fused-ring (bicyclic) bond motifs is 1. The van der Waals surface area contributed by atoms with Gasteiger partial charge in [-0.1, -0.05) is 218 Å². The van der Waals surface area contributed by atoms with Crippen molar-refractivity contribution in [2.45, 2.75) is 304 Å². The first-order valence-corrected chi connectivity index (χ1v) is 31.3. The van der Waals surface area contributed by atoms with Crippen molar-refractivity contribution in [3.63, 3.8) is 0 Å². The molecule has 1 aromatic rings. The van der Waals surface area contributed by atoms with Crippen LogP contribution in [-0.4, -0.2) is 69.4 Å². The fraction of sp³-hybridized carbons (Fsp3) is 0.785. The molecule has 0 saturated carbocycles. The van der Waals surface area contributed by atoms with E-state index in [2.05, 4.69) is 13.8 Å². The number of cyclic esters (lactones) is 1. The third kappa shape index (κ3) is 33.2. The lowest BCUT2D eigenvalue weighted by atomic mass is 9.94. The first-order valence-electron chi connectivity index (χ1n) is 31.3. The maximum absolute atomic E-state index is 13.2. The molecule has 13 heteroatoms. The SMILES string of the molecule is CCCCCCCCCCCCCCCC(=O)OCC(COC(=O)CCCCCCCCCCCCCCC)OC(=O)CCCCCCCCCCC(=O)Oc1c(C/C=C(\C)CCC(=O)OC)c(OC)c(C)c2c1C(=O)OC2. The third-order valence-corrected chi connectivity index (χ3v) is 15.1. The normalized spacial score (nSPS) is 12.1. The monoisotopic (exact) mass is 1100 g/mol. The van der Waals surface area contributed by atoms with Gasteiger partial charge in [-0.3, -0.25) is 24.0 Å². The molecule has 1 aliphatic heterocycles. The van der Waals surface area contributed by atoms with Gasteiger partial charge in [-0.25, -0.2) is 4.79 Å². The zero-order valence-corrected chi connectivity index (χ0v) is 50.1. The fourth-order valence-electron chi connectivity index (χ4n) is 10.1. The molecule has 1 aromatic carbocycles. The molecule has 0 bridgehead atoms. The van der Waals surface area contributed by atoms with E-state index in [4.69, 9.17) is 33.2 Å². The van der Waals surface area contributed by atoms with Gasteiger partial charge in [0.25, 0.3) is 0 Å². The molecule has 2 rings (SSSR count). The van der Waals surface area contributed by atoms with Crippen LogP contribution in [0.1, 0.15) is 305 Å². The van der Waals surface area contributed by atoms with E-state index in [-0.39, 0.29) is 68.3 Å². The Balaban J connectivity index is 1.74. The topological polar surface area (TPSA) is 167 Å². The Hall–Kier alpha value is -4.42. The number of methoxy groups -OCH3 is 2. The van der Waals surface area contributed by atoms with Gasteiger partial charge in [0.15, 0.2) is 11.9 Å². The van der Waals surface area contributed by atoms with Crippen LogP contribution in [0.25, 0.3) is 0 Å². The molecule has 78 heavy (non-hydrogen) atoms. The predicted molar refractivity (Wildman–Crippen MR) is 310 cm³/mol. The fourth-order valence-corrected chi connectivity index (χ4v) is 10.1. The number of benzene rings is 1. The molecule has 0 fully saturated rings. The number of hydrogen-bond acceptors (Lipinski definition) is 13. The summed E-state index contributed by atoms with van der Waals surface area (Å²) >= 11 is 0. The van der Waals surface area contributed by atoms with E-state index in [0.717, 1.165) is 88.2 Å². The van der Waals surface area contributed by atoms with Gasteiger partial charge >= 0.3 is 35.8 Å². The van der Waals surface area contributed by atoms with Crippen LogP contribution in [-0.2, 0) is 60.7 Å². The van der Waals surface area contributed by atoms with E-state index >= 15 is 0 Å². The van der Waals surface area contributed by atoms with Crippen molar-refractivity contribution in [3.05, 3.63) is 33.9 Å². The third-order valence-electron chi connectivity index (χ3n) is 15.1. The summed E-state index contributed by atoms with van der Waals surface area (Å²) in [6, 6.07) is 0. The molecule has 0 aliphatic carbocycles. The zero-order chi connectivity index (χ0) is 56.9. The standard InChI is InChI=1S/C65H108O13/c1-7-9-11-13-15-17-19-21-23-25-29-33-37-41-58(67)74-49-54(50-75-59(68)42-38-34-30-26-24-22-20-18-16-14-12-10-8-2)77-60(69)43-39-35-31-27-28-32-36-40-44-61(70)78-64-55(47-45-52(3)46-48-57(66)72-5)63(73-6)53(4)56-51-76-65(71)62(56)64/h45,54H,7-44,46-51H2,1-6H3/b52-45+. The maximum atomic E-state index is 13.2. The lowest BCUT2D eigenvalue weighted by Crippen LogP contribution is -2.30. The van der Waals surface area contributed by atoms with Gasteiger partial charge in [0.05, 0.1) is 14.2 Å². The molecule has 0 saturated heterocycles. The van der Waals surface area contributed by atoms with E-state index in [1.165, 1.54) is 136 Å². The molecule has 13 nitrogen and oxygen atoms in total. The summed E-state index contributed by atoms with van der Waals surface area (Å²) < 4.78 is 38.7. The number of rotatable bonds is 51. The Morgan fingerprint density at radius 1 is 0.487 bits per heavy atom. The Kier molecular flexibility index (Phi) is 41.4. The van der Waals surface area contributed by atoms with E-state index in [1.807, 2.05) is 19.9 Å². The van der Waals surface area contributed by atoms with E-state index in [9.17, 15) is 28.8 Å². The smallest absolute Gasteiger partial charge is 0.342 e. The summed E-state index contributed by atoms with van der Waals surface area (Å²) in [6.07, 6.45) is 41.9. The van der Waals surface area contributed by atoms with Gasteiger partial charge in [-0.15, -0.1) is 0 Å². The minimum absolute atomic E-state index is 0.0796. The van der Waals surface area contributed by atoms with Crippen molar-refractivity contribution in [2.24, 2.45) is 0 Å². The second-order valence-electron chi connectivity index (χ2n) is 22.0. The van der Waals surface area contributed by atoms with E-state index in [1.54, 1.807) is 7.11 Å². The molecule has 0 amide bonds. The van der Waals surface area contributed by atoms with Gasteiger partial charge < -0.3 is 33.2 Å². The number of esters is 6. The van der Waals surface area contributed by atoms with Crippen molar-refractivity contribution < 1.29 is 61.9 Å². The van der Waals surface area contributed by atoms with Gasteiger partial charge in [-0.2, -0.15) is 0 Å². The summed E-state index contributed by atoms with van der Waals surface area (Å²) in [4.78, 5) is 76.3. The number of carbonyl (C=O) groups excluding carboxylic acids is 6. The van der Waals surface area contributed by atoms with Crippen molar-refractivity contribution in [1.29, 1.82) is 0 Å². The predicted octanol–water partition coefficient (Wildman–Crippen LogP) is 16.9. The molecule has 0 atom stereocenters. The van der Waals surface area contributed by atoms with Gasteiger partial charge in [0, 0.05) is 43.2 Å². The van der Waals surface area contributed by atoms with E-state index < -0.39 is 24.0 Å². The van der Waals surface area contributed by atoms with Crippen LogP contribution in [0.3, 0.4) is 0 Å². The van der Waals surface area contributed by atoms with Crippen molar-refractivity contribution in [1.82, 2.24) is 0 Å². The summed E-state index contributed by atoms with van der Waals surface area (Å²) in [5, 5.41) is 0. The summed E-state index contributed by atoms with van der Waals surface area (Å²) in [7, 11) is 2.90. The highest BCUT2D eigenvalue weighted by atomic mass is 16.6. The van der Waals surface area contributed by atoms with Crippen LogP contribution in [0.15, 0.2) is 11.6 Å².